The molecule has 1 unspecified atom stereocenters. The van der Waals surface area contributed by atoms with E-state index < -0.39 is 0 Å². The Labute approximate surface area is 129 Å². The van der Waals surface area contributed by atoms with Gasteiger partial charge in [-0.2, -0.15) is 0 Å². The quantitative estimate of drug-likeness (QED) is 0.866. The molecule has 0 aliphatic heterocycles. The number of likely N-dealkylation sites (N-methyl/N-ethyl adjacent to an activating group) is 1. The van der Waals surface area contributed by atoms with Gasteiger partial charge in [0.15, 0.2) is 0 Å². The topological polar surface area (TPSA) is 29.3 Å². The number of hydrogen-bond donors (Lipinski definition) is 1. The van der Waals surface area contributed by atoms with Gasteiger partial charge in [-0.25, -0.2) is 4.39 Å². The summed E-state index contributed by atoms with van der Waals surface area (Å²) in [5, 5.41) is 0. The van der Waals surface area contributed by atoms with E-state index in [1.165, 1.54) is 44.2 Å². The number of benzene rings is 1. The predicted octanol–water partition coefficient (Wildman–Crippen LogP) is 4.24. The Balaban J connectivity index is 2.23. The molecule has 1 fully saturated rings. The van der Waals surface area contributed by atoms with Crippen molar-refractivity contribution in [2.24, 2.45) is 5.73 Å². The molecule has 1 aromatic carbocycles. The van der Waals surface area contributed by atoms with E-state index in [1.807, 2.05) is 6.07 Å². The predicted molar refractivity (Wildman–Crippen MR) is 85.1 cm³/mol. The van der Waals surface area contributed by atoms with Crippen LogP contribution in [0.3, 0.4) is 0 Å². The van der Waals surface area contributed by atoms with E-state index in [2.05, 4.69) is 27.8 Å². The van der Waals surface area contributed by atoms with E-state index in [-0.39, 0.29) is 11.9 Å². The Kier molecular flexibility index (Phi) is 6.00. The second-order valence-electron chi connectivity index (χ2n) is 5.54. The summed E-state index contributed by atoms with van der Waals surface area (Å²) in [5.41, 5.74) is 7.14. The Morgan fingerprint density at radius 2 is 2.05 bits per heavy atom. The minimum Gasteiger partial charge on any atom is -0.329 e. The van der Waals surface area contributed by atoms with E-state index in [0.717, 1.165) is 16.6 Å². The fraction of sp³-hybridized carbons (Fsp3) is 0.625. The molecule has 2 N–H and O–H groups in total. The summed E-state index contributed by atoms with van der Waals surface area (Å²) >= 11 is 3.49. The third kappa shape index (κ3) is 3.60. The summed E-state index contributed by atoms with van der Waals surface area (Å²) in [6.45, 7) is 3.74. The minimum atomic E-state index is -0.211. The van der Waals surface area contributed by atoms with Crippen molar-refractivity contribution in [2.75, 3.05) is 13.1 Å². The summed E-state index contributed by atoms with van der Waals surface area (Å²) in [6.07, 6.45) is 6.47. The van der Waals surface area contributed by atoms with Crippen LogP contribution >= 0.6 is 15.9 Å². The van der Waals surface area contributed by atoms with Gasteiger partial charge in [0.25, 0.3) is 0 Å². The highest BCUT2D eigenvalue weighted by Crippen LogP contribution is 2.33. The van der Waals surface area contributed by atoms with Crippen LogP contribution in [0.15, 0.2) is 22.7 Å². The molecule has 0 spiro atoms. The summed E-state index contributed by atoms with van der Waals surface area (Å²) in [6, 6.07) is 5.70. The smallest absolute Gasteiger partial charge is 0.124 e. The highest BCUT2D eigenvalue weighted by Gasteiger charge is 2.27. The van der Waals surface area contributed by atoms with Gasteiger partial charge in [-0.1, -0.05) is 48.2 Å². The molecule has 0 bridgehead atoms. The first kappa shape index (κ1) is 15.9. The van der Waals surface area contributed by atoms with Crippen molar-refractivity contribution in [1.29, 1.82) is 0 Å². The molecule has 2 rings (SSSR count). The van der Waals surface area contributed by atoms with Gasteiger partial charge in [0.2, 0.25) is 0 Å². The Morgan fingerprint density at radius 3 is 2.60 bits per heavy atom. The Morgan fingerprint density at radius 1 is 1.35 bits per heavy atom. The molecule has 0 amide bonds. The molecule has 0 heterocycles. The maximum Gasteiger partial charge on any atom is 0.124 e. The van der Waals surface area contributed by atoms with Crippen molar-refractivity contribution < 1.29 is 4.39 Å². The number of halogens is 2. The van der Waals surface area contributed by atoms with Crippen molar-refractivity contribution in [3.8, 4) is 0 Å². The van der Waals surface area contributed by atoms with E-state index in [4.69, 9.17) is 5.73 Å². The average Bonchev–Trinajstić information content (AvgIpc) is 2.46. The zero-order chi connectivity index (χ0) is 14.5. The fourth-order valence-corrected chi connectivity index (χ4v) is 3.97. The molecule has 0 aromatic heterocycles. The second kappa shape index (κ2) is 7.53. The average molecular weight is 343 g/mol. The number of rotatable bonds is 5. The first-order chi connectivity index (χ1) is 9.67. The van der Waals surface area contributed by atoms with Gasteiger partial charge < -0.3 is 5.73 Å². The Hall–Kier alpha value is -0.450. The molecular weight excluding hydrogens is 319 g/mol. The van der Waals surface area contributed by atoms with Crippen molar-refractivity contribution >= 4 is 15.9 Å². The molecule has 20 heavy (non-hydrogen) atoms. The maximum atomic E-state index is 13.3. The lowest BCUT2D eigenvalue weighted by molar-refractivity contribution is 0.113. The maximum absolute atomic E-state index is 13.3. The van der Waals surface area contributed by atoms with Gasteiger partial charge in [-0.05, 0) is 37.1 Å². The third-order valence-electron chi connectivity index (χ3n) is 4.35. The molecule has 1 aliphatic carbocycles. The molecule has 0 radical (unpaired) electrons. The molecule has 1 saturated carbocycles. The molecule has 1 aliphatic rings. The van der Waals surface area contributed by atoms with Crippen LogP contribution in [0.1, 0.15) is 50.6 Å². The molecule has 1 aromatic rings. The van der Waals surface area contributed by atoms with Crippen LogP contribution in [0.4, 0.5) is 4.39 Å². The van der Waals surface area contributed by atoms with E-state index in [0.29, 0.717) is 12.6 Å². The van der Waals surface area contributed by atoms with Gasteiger partial charge >= 0.3 is 0 Å². The third-order valence-corrected chi connectivity index (χ3v) is 5.04. The standard InChI is InChI=1S/C16H24BrFN2/c1-2-20(13-6-4-3-5-7-13)16(11-19)14-9-8-12(18)10-15(14)17/h8-10,13,16H,2-7,11,19H2,1H3. The highest BCUT2D eigenvalue weighted by atomic mass is 79.9. The first-order valence-corrected chi connectivity index (χ1v) is 8.37. The normalized spacial score (nSPS) is 18.4. The largest absolute Gasteiger partial charge is 0.329 e. The summed E-state index contributed by atoms with van der Waals surface area (Å²) in [7, 11) is 0. The zero-order valence-corrected chi connectivity index (χ0v) is 13.7. The fourth-order valence-electron chi connectivity index (χ4n) is 3.36. The van der Waals surface area contributed by atoms with Gasteiger partial charge in [0.05, 0.1) is 0 Å². The van der Waals surface area contributed by atoms with E-state index in [1.54, 1.807) is 0 Å². The van der Waals surface area contributed by atoms with Crippen LogP contribution in [-0.2, 0) is 0 Å². The summed E-state index contributed by atoms with van der Waals surface area (Å²) in [5.74, 6) is -0.211. The lowest BCUT2D eigenvalue weighted by Crippen LogP contribution is -2.42. The van der Waals surface area contributed by atoms with Crippen LogP contribution < -0.4 is 5.73 Å². The van der Waals surface area contributed by atoms with Crippen molar-refractivity contribution in [1.82, 2.24) is 4.90 Å². The highest BCUT2D eigenvalue weighted by molar-refractivity contribution is 9.10. The number of nitrogens with two attached hydrogens (primary N) is 1. The zero-order valence-electron chi connectivity index (χ0n) is 12.1. The van der Waals surface area contributed by atoms with Gasteiger partial charge in [0, 0.05) is 23.1 Å². The van der Waals surface area contributed by atoms with Gasteiger partial charge in [-0.3, -0.25) is 4.90 Å². The first-order valence-electron chi connectivity index (χ1n) is 7.58. The molecule has 0 saturated heterocycles. The van der Waals surface area contributed by atoms with E-state index >= 15 is 0 Å². The van der Waals surface area contributed by atoms with Crippen LogP contribution in [0.25, 0.3) is 0 Å². The SMILES string of the molecule is CCN(C1CCCCC1)C(CN)c1ccc(F)cc1Br. The lowest BCUT2D eigenvalue weighted by atomic mass is 9.92. The van der Waals surface area contributed by atoms with Gasteiger partial charge in [-0.15, -0.1) is 0 Å². The second-order valence-corrected chi connectivity index (χ2v) is 6.39. The number of hydrogen-bond acceptors (Lipinski definition) is 2. The Bertz CT molecular complexity index is 432. The van der Waals surface area contributed by atoms with Crippen LogP contribution in [0.2, 0.25) is 0 Å². The number of nitrogens with zero attached hydrogens (tertiary/aromatic N) is 1. The monoisotopic (exact) mass is 342 g/mol. The van der Waals surface area contributed by atoms with Crippen LogP contribution in [0, 0.1) is 5.82 Å². The van der Waals surface area contributed by atoms with E-state index in [9.17, 15) is 4.39 Å². The lowest BCUT2D eigenvalue weighted by Gasteiger charge is -2.39. The summed E-state index contributed by atoms with van der Waals surface area (Å²) < 4.78 is 14.1. The molecule has 4 heteroatoms. The van der Waals surface area contributed by atoms with Crippen LogP contribution in [0.5, 0.6) is 0 Å². The molecule has 112 valence electrons. The van der Waals surface area contributed by atoms with Crippen LogP contribution in [-0.4, -0.2) is 24.0 Å². The summed E-state index contributed by atoms with van der Waals surface area (Å²) in [4.78, 5) is 2.50. The molecule has 2 nitrogen and oxygen atoms in total. The van der Waals surface area contributed by atoms with Crippen molar-refractivity contribution in [2.45, 2.75) is 51.1 Å². The van der Waals surface area contributed by atoms with Crippen molar-refractivity contribution in [3.63, 3.8) is 0 Å². The molecular formula is C16H24BrFN2. The minimum absolute atomic E-state index is 0.165. The molecule has 1 atom stereocenters. The van der Waals surface area contributed by atoms with Crippen molar-refractivity contribution in [3.05, 3.63) is 34.1 Å². The van der Waals surface area contributed by atoms with Gasteiger partial charge in [0.1, 0.15) is 5.82 Å².